The Kier molecular flexibility index (Phi) is 6.61. The predicted octanol–water partition coefficient (Wildman–Crippen LogP) is 2.91. The highest BCUT2D eigenvalue weighted by atomic mass is 15.3. The molecule has 2 unspecified atom stereocenters. The quantitative estimate of drug-likeness (QED) is 0.517. The van der Waals surface area contributed by atoms with E-state index in [0.29, 0.717) is 6.04 Å². The Morgan fingerprint density at radius 1 is 1.22 bits per heavy atom. The maximum Gasteiger partial charge on any atom is 0.0392 e. The second-order valence-electron chi connectivity index (χ2n) is 6.45. The molecule has 0 bridgehead atoms. The third-order valence-electron chi connectivity index (χ3n) is 4.77. The van der Waals surface area contributed by atoms with Gasteiger partial charge in [0.25, 0.3) is 0 Å². The molecule has 0 radical (unpaired) electrons. The summed E-state index contributed by atoms with van der Waals surface area (Å²) in [5, 5.41) is 0. The summed E-state index contributed by atoms with van der Waals surface area (Å²) in [4.78, 5) is 2.65. The van der Waals surface area contributed by atoms with Gasteiger partial charge in [-0.25, -0.2) is 0 Å². The summed E-state index contributed by atoms with van der Waals surface area (Å²) in [7, 11) is 0. The fraction of sp³-hybridized carbons (Fsp3) is 1.00. The molecule has 0 aromatic carbocycles. The fourth-order valence-electron chi connectivity index (χ4n) is 3.22. The first-order chi connectivity index (χ1) is 8.54. The van der Waals surface area contributed by atoms with Gasteiger partial charge >= 0.3 is 0 Å². The molecule has 0 aromatic heterocycles. The number of hydrogen-bond acceptors (Lipinski definition) is 3. The first-order valence-corrected chi connectivity index (χ1v) is 7.75. The summed E-state index contributed by atoms with van der Waals surface area (Å²) in [6.07, 6.45) is 7.63. The molecule has 3 heteroatoms. The van der Waals surface area contributed by atoms with Crippen molar-refractivity contribution in [3.63, 3.8) is 0 Å². The monoisotopic (exact) mass is 255 g/mol. The SMILES string of the molecule is CCC(C)(C(CCCC(C)C)NN)N1CCCC1. The van der Waals surface area contributed by atoms with Gasteiger partial charge in [-0.15, -0.1) is 0 Å². The Hall–Kier alpha value is -0.120. The molecule has 1 rings (SSSR count). The van der Waals surface area contributed by atoms with Gasteiger partial charge in [0.1, 0.15) is 0 Å². The summed E-state index contributed by atoms with van der Waals surface area (Å²) in [5.41, 5.74) is 3.33. The van der Waals surface area contributed by atoms with E-state index in [1.807, 2.05) is 0 Å². The number of hydrazine groups is 1. The van der Waals surface area contributed by atoms with Gasteiger partial charge in [-0.2, -0.15) is 0 Å². The van der Waals surface area contributed by atoms with E-state index in [1.165, 1.54) is 51.6 Å². The van der Waals surface area contributed by atoms with Gasteiger partial charge in [0.15, 0.2) is 0 Å². The van der Waals surface area contributed by atoms with E-state index < -0.39 is 0 Å². The Labute approximate surface area is 113 Å². The fourth-order valence-corrected chi connectivity index (χ4v) is 3.22. The van der Waals surface area contributed by atoms with Crippen LogP contribution in [-0.4, -0.2) is 29.6 Å². The Bertz CT molecular complexity index is 224. The molecule has 1 heterocycles. The van der Waals surface area contributed by atoms with Crippen LogP contribution in [0.25, 0.3) is 0 Å². The van der Waals surface area contributed by atoms with Crippen LogP contribution in [0.3, 0.4) is 0 Å². The molecule has 3 N–H and O–H groups in total. The molecule has 0 amide bonds. The van der Waals surface area contributed by atoms with E-state index in [0.717, 1.165) is 5.92 Å². The highest BCUT2D eigenvalue weighted by molar-refractivity contribution is 4.96. The van der Waals surface area contributed by atoms with Gasteiger partial charge in [0.2, 0.25) is 0 Å². The van der Waals surface area contributed by atoms with E-state index in [9.17, 15) is 0 Å². The molecule has 0 spiro atoms. The van der Waals surface area contributed by atoms with Crippen molar-refractivity contribution in [1.29, 1.82) is 0 Å². The number of nitrogens with zero attached hydrogens (tertiary/aromatic N) is 1. The third-order valence-corrected chi connectivity index (χ3v) is 4.77. The van der Waals surface area contributed by atoms with Gasteiger partial charge < -0.3 is 0 Å². The van der Waals surface area contributed by atoms with Crippen LogP contribution in [0.4, 0.5) is 0 Å². The van der Waals surface area contributed by atoms with E-state index in [-0.39, 0.29) is 5.54 Å². The smallest absolute Gasteiger partial charge is 0.0392 e. The topological polar surface area (TPSA) is 41.3 Å². The summed E-state index contributed by atoms with van der Waals surface area (Å²) < 4.78 is 0. The van der Waals surface area contributed by atoms with E-state index in [2.05, 4.69) is 38.0 Å². The number of nitrogens with two attached hydrogens (primary N) is 1. The highest BCUT2D eigenvalue weighted by Crippen LogP contribution is 2.30. The van der Waals surface area contributed by atoms with Crippen molar-refractivity contribution >= 4 is 0 Å². The van der Waals surface area contributed by atoms with E-state index in [1.54, 1.807) is 0 Å². The van der Waals surface area contributed by atoms with Crippen molar-refractivity contribution < 1.29 is 0 Å². The predicted molar refractivity (Wildman–Crippen MR) is 79.3 cm³/mol. The number of likely N-dealkylation sites (tertiary alicyclic amines) is 1. The lowest BCUT2D eigenvalue weighted by atomic mass is 9.84. The summed E-state index contributed by atoms with van der Waals surface area (Å²) in [5.74, 6) is 6.64. The Balaban J connectivity index is 2.57. The van der Waals surface area contributed by atoms with Gasteiger partial charge in [-0.3, -0.25) is 16.2 Å². The molecule has 108 valence electrons. The van der Waals surface area contributed by atoms with Crippen LogP contribution in [0, 0.1) is 5.92 Å². The molecule has 1 aliphatic heterocycles. The first-order valence-electron chi connectivity index (χ1n) is 7.75. The standard InChI is InChI=1S/C15H33N3/c1-5-15(4,18-11-6-7-12-18)14(17-16)10-8-9-13(2)3/h13-14,17H,5-12,16H2,1-4H3. The van der Waals surface area contributed by atoms with Crippen LogP contribution in [0.15, 0.2) is 0 Å². The minimum absolute atomic E-state index is 0.224. The van der Waals surface area contributed by atoms with Crippen LogP contribution in [-0.2, 0) is 0 Å². The van der Waals surface area contributed by atoms with Gasteiger partial charge in [0, 0.05) is 11.6 Å². The van der Waals surface area contributed by atoms with Gasteiger partial charge in [-0.1, -0.05) is 33.6 Å². The normalized spacial score (nSPS) is 22.3. The van der Waals surface area contributed by atoms with Crippen molar-refractivity contribution in [1.82, 2.24) is 10.3 Å². The average molecular weight is 255 g/mol. The van der Waals surface area contributed by atoms with Crippen molar-refractivity contribution in [3.8, 4) is 0 Å². The number of nitrogens with one attached hydrogen (secondary N) is 1. The maximum absolute atomic E-state index is 5.84. The summed E-state index contributed by atoms with van der Waals surface area (Å²) in [6.45, 7) is 11.8. The molecule has 2 atom stereocenters. The number of rotatable bonds is 8. The molecule has 0 aliphatic carbocycles. The lowest BCUT2D eigenvalue weighted by Crippen LogP contribution is -2.60. The first kappa shape index (κ1) is 15.9. The zero-order chi connectivity index (χ0) is 13.6. The van der Waals surface area contributed by atoms with Crippen LogP contribution < -0.4 is 11.3 Å². The van der Waals surface area contributed by atoms with Crippen LogP contribution in [0.2, 0.25) is 0 Å². The molecular weight excluding hydrogens is 222 g/mol. The lowest BCUT2D eigenvalue weighted by Gasteiger charge is -2.44. The number of hydrogen-bond donors (Lipinski definition) is 2. The van der Waals surface area contributed by atoms with Crippen LogP contribution in [0.1, 0.15) is 66.2 Å². The van der Waals surface area contributed by atoms with Crippen molar-refractivity contribution in [2.24, 2.45) is 11.8 Å². The second-order valence-corrected chi connectivity index (χ2v) is 6.45. The third kappa shape index (κ3) is 3.94. The zero-order valence-electron chi connectivity index (χ0n) is 12.8. The molecule has 0 saturated carbocycles. The molecule has 1 fully saturated rings. The molecule has 18 heavy (non-hydrogen) atoms. The highest BCUT2D eigenvalue weighted by Gasteiger charge is 2.38. The van der Waals surface area contributed by atoms with E-state index in [4.69, 9.17) is 5.84 Å². The van der Waals surface area contributed by atoms with Crippen molar-refractivity contribution in [3.05, 3.63) is 0 Å². The molecule has 1 aliphatic rings. The maximum atomic E-state index is 5.84. The molecule has 3 nitrogen and oxygen atoms in total. The molecule has 1 saturated heterocycles. The van der Waals surface area contributed by atoms with Gasteiger partial charge in [-0.05, 0) is 51.6 Å². The Morgan fingerprint density at radius 3 is 2.28 bits per heavy atom. The zero-order valence-corrected chi connectivity index (χ0v) is 12.8. The summed E-state index contributed by atoms with van der Waals surface area (Å²) >= 11 is 0. The van der Waals surface area contributed by atoms with Gasteiger partial charge in [0.05, 0.1) is 0 Å². The summed E-state index contributed by atoms with van der Waals surface area (Å²) in [6, 6.07) is 0.416. The van der Waals surface area contributed by atoms with Crippen LogP contribution in [0.5, 0.6) is 0 Å². The average Bonchev–Trinajstić information content (AvgIpc) is 2.87. The lowest BCUT2D eigenvalue weighted by molar-refractivity contribution is 0.0787. The minimum Gasteiger partial charge on any atom is -0.296 e. The molecule has 0 aromatic rings. The molecular formula is C15H33N3. The Morgan fingerprint density at radius 2 is 1.83 bits per heavy atom. The minimum atomic E-state index is 0.224. The van der Waals surface area contributed by atoms with Crippen LogP contribution >= 0.6 is 0 Å². The second kappa shape index (κ2) is 7.46. The van der Waals surface area contributed by atoms with Crippen molar-refractivity contribution in [2.45, 2.75) is 77.8 Å². The largest absolute Gasteiger partial charge is 0.296 e. The van der Waals surface area contributed by atoms with Crippen molar-refractivity contribution in [2.75, 3.05) is 13.1 Å². The van der Waals surface area contributed by atoms with E-state index >= 15 is 0 Å².